The van der Waals surface area contributed by atoms with Gasteiger partial charge in [-0.3, -0.25) is 4.79 Å². The Morgan fingerprint density at radius 2 is 2.44 bits per heavy atom. The van der Waals surface area contributed by atoms with E-state index in [1.54, 1.807) is 5.38 Å². The van der Waals surface area contributed by atoms with Crippen LogP contribution >= 0.6 is 11.3 Å². The fourth-order valence-electron chi connectivity index (χ4n) is 1.97. The molecular formula is C11H17N3OS. The van der Waals surface area contributed by atoms with Gasteiger partial charge in [0.2, 0.25) is 0 Å². The average molecular weight is 239 g/mol. The zero-order valence-corrected chi connectivity index (χ0v) is 10.3. The third-order valence-electron chi connectivity index (χ3n) is 3.12. The topological polar surface area (TPSA) is 68.0 Å². The minimum atomic E-state index is -0.102. The molecule has 16 heavy (non-hydrogen) atoms. The molecule has 0 bridgehead atoms. The number of nitrogen functional groups attached to an aromatic ring is 1. The zero-order valence-electron chi connectivity index (χ0n) is 9.45. The van der Waals surface area contributed by atoms with E-state index in [1.165, 1.54) is 37.0 Å². The van der Waals surface area contributed by atoms with E-state index >= 15 is 0 Å². The first-order valence-electron chi connectivity index (χ1n) is 5.64. The summed E-state index contributed by atoms with van der Waals surface area (Å²) in [5.41, 5.74) is 6.31. The van der Waals surface area contributed by atoms with Gasteiger partial charge in [-0.25, -0.2) is 4.98 Å². The van der Waals surface area contributed by atoms with E-state index in [-0.39, 0.29) is 5.91 Å². The van der Waals surface area contributed by atoms with Crippen molar-refractivity contribution in [2.75, 3.05) is 12.3 Å². The van der Waals surface area contributed by atoms with Gasteiger partial charge in [0.1, 0.15) is 5.69 Å². The molecule has 3 N–H and O–H groups in total. The predicted octanol–water partition coefficient (Wildman–Crippen LogP) is 2.04. The minimum Gasteiger partial charge on any atom is -0.375 e. The summed E-state index contributed by atoms with van der Waals surface area (Å²) in [5, 5.41) is 5.09. The fraction of sp³-hybridized carbons (Fsp3) is 0.636. The molecule has 1 heterocycles. The van der Waals surface area contributed by atoms with Gasteiger partial charge in [0.25, 0.3) is 5.91 Å². The summed E-state index contributed by atoms with van der Waals surface area (Å²) >= 11 is 1.30. The summed E-state index contributed by atoms with van der Waals surface area (Å²) in [6.45, 7) is 2.96. The van der Waals surface area contributed by atoms with E-state index in [9.17, 15) is 4.79 Å². The lowest BCUT2D eigenvalue weighted by Gasteiger charge is -2.13. The van der Waals surface area contributed by atoms with E-state index in [2.05, 4.69) is 17.2 Å². The Labute approximate surface area is 99.3 Å². The summed E-state index contributed by atoms with van der Waals surface area (Å²) in [5.74, 6) is -0.102. The highest BCUT2D eigenvalue weighted by molar-refractivity contribution is 7.13. The molecule has 5 heteroatoms. The lowest BCUT2D eigenvalue weighted by molar-refractivity contribution is 0.0939. The van der Waals surface area contributed by atoms with Gasteiger partial charge in [-0.2, -0.15) is 0 Å². The van der Waals surface area contributed by atoms with Gasteiger partial charge < -0.3 is 11.1 Å². The molecule has 1 aromatic heterocycles. The maximum absolute atomic E-state index is 11.7. The van der Waals surface area contributed by atoms with Crippen LogP contribution in [0, 0.1) is 5.41 Å². The number of hydrogen-bond donors (Lipinski definition) is 2. The van der Waals surface area contributed by atoms with Crippen molar-refractivity contribution in [3.63, 3.8) is 0 Å². The predicted molar refractivity (Wildman–Crippen MR) is 65.4 cm³/mol. The molecule has 1 saturated carbocycles. The number of anilines is 1. The number of nitrogens with one attached hydrogen (secondary N) is 1. The van der Waals surface area contributed by atoms with Crippen molar-refractivity contribution in [3.05, 3.63) is 11.1 Å². The van der Waals surface area contributed by atoms with Crippen LogP contribution in [0.3, 0.4) is 0 Å². The largest absolute Gasteiger partial charge is 0.375 e. The first-order valence-corrected chi connectivity index (χ1v) is 6.52. The Morgan fingerprint density at radius 3 is 2.94 bits per heavy atom. The maximum Gasteiger partial charge on any atom is 0.270 e. The van der Waals surface area contributed by atoms with Crippen LogP contribution in [0.2, 0.25) is 0 Å². The number of nitrogens with two attached hydrogens (primary N) is 1. The fourth-order valence-corrected chi connectivity index (χ4v) is 2.52. The monoisotopic (exact) mass is 239 g/mol. The van der Waals surface area contributed by atoms with Crippen LogP contribution in [0.15, 0.2) is 5.38 Å². The molecule has 1 fully saturated rings. The van der Waals surface area contributed by atoms with Crippen LogP contribution in [-0.4, -0.2) is 17.4 Å². The van der Waals surface area contributed by atoms with Crippen molar-refractivity contribution in [2.45, 2.75) is 32.6 Å². The van der Waals surface area contributed by atoms with Crippen LogP contribution in [0.25, 0.3) is 0 Å². The second kappa shape index (κ2) is 4.41. The molecule has 1 amide bonds. The molecule has 0 unspecified atom stereocenters. The summed E-state index contributed by atoms with van der Waals surface area (Å²) in [4.78, 5) is 15.7. The molecule has 1 aliphatic rings. The van der Waals surface area contributed by atoms with Gasteiger partial charge >= 0.3 is 0 Å². The van der Waals surface area contributed by atoms with Crippen LogP contribution in [0.1, 0.15) is 43.1 Å². The van der Waals surface area contributed by atoms with Crippen LogP contribution in [0.5, 0.6) is 0 Å². The molecule has 1 aliphatic carbocycles. The number of hydrogen-bond acceptors (Lipinski definition) is 4. The van der Waals surface area contributed by atoms with Crippen molar-refractivity contribution in [1.82, 2.24) is 10.3 Å². The van der Waals surface area contributed by atoms with Crippen LogP contribution in [-0.2, 0) is 0 Å². The first-order chi connectivity index (χ1) is 7.65. The lowest BCUT2D eigenvalue weighted by atomic mass is 10.0. The summed E-state index contributed by atoms with van der Waals surface area (Å²) in [6.07, 6.45) is 4.85. The van der Waals surface area contributed by atoms with E-state index < -0.39 is 0 Å². The van der Waals surface area contributed by atoms with Gasteiger partial charge in [-0.1, -0.05) is 13.3 Å². The zero-order chi connectivity index (χ0) is 11.6. The molecule has 0 atom stereocenters. The molecule has 0 aromatic carbocycles. The molecule has 0 aliphatic heterocycles. The van der Waals surface area contributed by atoms with Gasteiger partial charge in [0, 0.05) is 11.9 Å². The Balaban J connectivity index is 1.84. The normalized spacial score (nSPS) is 17.1. The molecule has 4 nitrogen and oxygen atoms in total. The smallest absolute Gasteiger partial charge is 0.270 e. The quantitative estimate of drug-likeness (QED) is 0.826. The van der Waals surface area contributed by atoms with Crippen molar-refractivity contribution in [3.8, 4) is 0 Å². The van der Waals surface area contributed by atoms with E-state index in [1.807, 2.05) is 0 Å². The van der Waals surface area contributed by atoms with E-state index in [0.29, 0.717) is 16.2 Å². The van der Waals surface area contributed by atoms with Crippen LogP contribution < -0.4 is 11.1 Å². The van der Waals surface area contributed by atoms with Crippen LogP contribution in [0.4, 0.5) is 5.13 Å². The summed E-state index contributed by atoms with van der Waals surface area (Å²) in [6, 6.07) is 0. The number of thiazole rings is 1. The Morgan fingerprint density at radius 1 is 1.69 bits per heavy atom. The third-order valence-corrected chi connectivity index (χ3v) is 3.79. The number of amides is 1. The SMILES string of the molecule is CCCC1(CNC(=O)c2csc(N)n2)CC1. The first kappa shape index (κ1) is 11.4. The molecular weight excluding hydrogens is 222 g/mol. The standard InChI is InChI=1S/C11H17N3OS/c1-2-3-11(4-5-11)7-13-9(15)8-6-16-10(12)14-8/h6H,2-5,7H2,1H3,(H2,12,14)(H,13,15). The minimum absolute atomic E-state index is 0.102. The molecule has 0 radical (unpaired) electrons. The van der Waals surface area contributed by atoms with Gasteiger partial charge in [-0.15, -0.1) is 11.3 Å². The van der Waals surface area contributed by atoms with Crippen molar-refractivity contribution >= 4 is 22.4 Å². The number of aromatic nitrogens is 1. The third kappa shape index (κ3) is 2.52. The Hall–Kier alpha value is -1.10. The van der Waals surface area contributed by atoms with E-state index in [0.717, 1.165) is 6.54 Å². The Kier molecular flexibility index (Phi) is 3.14. The molecule has 0 saturated heterocycles. The average Bonchev–Trinajstić information content (AvgIpc) is 2.89. The number of rotatable bonds is 5. The van der Waals surface area contributed by atoms with Crippen molar-refractivity contribution in [2.24, 2.45) is 5.41 Å². The summed E-state index contributed by atoms with van der Waals surface area (Å²) < 4.78 is 0. The lowest BCUT2D eigenvalue weighted by Crippen LogP contribution is -2.30. The molecule has 0 spiro atoms. The molecule has 1 aromatic rings. The van der Waals surface area contributed by atoms with Gasteiger partial charge in [-0.05, 0) is 24.7 Å². The number of nitrogens with zero attached hydrogens (tertiary/aromatic N) is 1. The second-order valence-corrected chi connectivity index (χ2v) is 5.39. The number of carbonyl (C=O) groups is 1. The molecule has 2 rings (SSSR count). The highest BCUT2D eigenvalue weighted by atomic mass is 32.1. The van der Waals surface area contributed by atoms with Crippen molar-refractivity contribution in [1.29, 1.82) is 0 Å². The summed E-state index contributed by atoms with van der Waals surface area (Å²) in [7, 11) is 0. The maximum atomic E-state index is 11.7. The highest BCUT2D eigenvalue weighted by Gasteiger charge is 2.41. The Bertz CT molecular complexity index is 384. The van der Waals surface area contributed by atoms with Crippen molar-refractivity contribution < 1.29 is 4.79 Å². The second-order valence-electron chi connectivity index (χ2n) is 4.50. The van der Waals surface area contributed by atoms with Gasteiger partial charge in [0.15, 0.2) is 5.13 Å². The molecule has 88 valence electrons. The highest BCUT2D eigenvalue weighted by Crippen LogP contribution is 2.48. The van der Waals surface area contributed by atoms with Gasteiger partial charge in [0.05, 0.1) is 0 Å². The van der Waals surface area contributed by atoms with E-state index in [4.69, 9.17) is 5.73 Å². The number of carbonyl (C=O) groups excluding carboxylic acids is 1.